The highest BCUT2D eigenvalue weighted by Crippen LogP contribution is 2.20. The van der Waals surface area contributed by atoms with Gasteiger partial charge < -0.3 is 10.1 Å². The van der Waals surface area contributed by atoms with Crippen LogP contribution in [0, 0.1) is 11.3 Å². The van der Waals surface area contributed by atoms with Crippen molar-refractivity contribution in [3.8, 4) is 11.8 Å². The lowest BCUT2D eigenvalue weighted by atomic mass is 10.1. The van der Waals surface area contributed by atoms with E-state index in [4.69, 9.17) is 16.3 Å². The molecular weight excluding hydrogens is 360 g/mol. The van der Waals surface area contributed by atoms with Crippen LogP contribution in [-0.4, -0.2) is 11.9 Å². The van der Waals surface area contributed by atoms with Crippen LogP contribution in [0.3, 0.4) is 0 Å². The smallest absolute Gasteiger partial charge is 0.262 e. The third-order valence-corrected chi connectivity index (χ3v) is 4.97. The Hall–Kier alpha value is -2.77. The van der Waals surface area contributed by atoms with Gasteiger partial charge in [0.2, 0.25) is 0 Å². The van der Waals surface area contributed by atoms with Crippen molar-refractivity contribution < 1.29 is 9.53 Å². The van der Waals surface area contributed by atoms with Crippen molar-refractivity contribution >= 4 is 23.6 Å². The second-order valence-electron chi connectivity index (χ2n) is 6.57. The first-order valence-electron chi connectivity index (χ1n) is 9.04. The number of nitrogens with zero attached hydrogens (tertiary/aromatic N) is 1. The lowest BCUT2D eigenvalue weighted by Gasteiger charge is -2.11. The SMILES string of the molecule is N#CC(=Cc1ccc(OCc2ccccc2Cl)cc1)C(=O)NC1CCCC1. The molecule has 3 rings (SSSR count). The summed E-state index contributed by atoms with van der Waals surface area (Å²) in [5.41, 5.74) is 1.81. The minimum absolute atomic E-state index is 0.117. The normalized spacial score (nSPS) is 14.6. The van der Waals surface area contributed by atoms with Crippen LogP contribution >= 0.6 is 11.6 Å². The Morgan fingerprint density at radius 1 is 1.19 bits per heavy atom. The number of amides is 1. The van der Waals surface area contributed by atoms with Crippen LogP contribution in [0.1, 0.15) is 36.8 Å². The second kappa shape index (κ2) is 9.25. The van der Waals surface area contributed by atoms with Gasteiger partial charge in [0.05, 0.1) is 0 Å². The Labute approximate surface area is 164 Å². The van der Waals surface area contributed by atoms with E-state index < -0.39 is 0 Å². The number of carbonyl (C=O) groups is 1. The van der Waals surface area contributed by atoms with Crippen molar-refractivity contribution in [1.82, 2.24) is 5.32 Å². The van der Waals surface area contributed by atoms with E-state index in [0.717, 1.165) is 36.8 Å². The van der Waals surface area contributed by atoms with Gasteiger partial charge in [-0.15, -0.1) is 0 Å². The summed E-state index contributed by atoms with van der Waals surface area (Å²) in [5.74, 6) is 0.393. The summed E-state index contributed by atoms with van der Waals surface area (Å²) < 4.78 is 5.75. The van der Waals surface area contributed by atoms with Crippen molar-refractivity contribution in [3.63, 3.8) is 0 Å². The standard InChI is InChI=1S/C22H21ClN2O2/c23-21-8-4-1-5-17(21)15-27-20-11-9-16(10-12-20)13-18(14-24)22(26)25-19-6-2-3-7-19/h1,4-5,8-13,19H,2-3,6-7,15H2,(H,25,26). The molecule has 0 aromatic heterocycles. The van der Waals surface area contributed by atoms with Gasteiger partial charge in [0.15, 0.2) is 0 Å². The fourth-order valence-corrected chi connectivity index (χ4v) is 3.28. The quantitative estimate of drug-likeness (QED) is 0.573. The lowest BCUT2D eigenvalue weighted by molar-refractivity contribution is -0.117. The van der Waals surface area contributed by atoms with Crippen molar-refractivity contribution in [2.45, 2.75) is 38.3 Å². The van der Waals surface area contributed by atoms with Gasteiger partial charge in [0.25, 0.3) is 5.91 Å². The summed E-state index contributed by atoms with van der Waals surface area (Å²) in [4.78, 5) is 12.3. The van der Waals surface area contributed by atoms with Gasteiger partial charge in [0, 0.05) is 16.6 Å². The Morgan fingerprint density at radius 3 is 2.56 bits per heavy atom. The molecule has 0 atom stereocenters. The zero-order chi connectivity index (χ0) is 19.1. The number of nitrogens with one attached hydrogen (secondary N) is 1. The maximum Gasteiger partial charge on any atom is 0.262 e. The molecule has 1 amide bonds. The molecule has 0 spiro atoms. The molecule has 1 saturated carbocycles. The molecule has 1 aliphatic carbocycles. The summed E-state index contributed by atoms with van der Waals surface area (Å²) >= 11 is 6.12. The average Bonchev–Trinajstić information content (AvgIpc) is 3.19. The molecule has 4 nitrogen and oxygen atoms in total. The summed E-state index contributed by atoms with van der Waals surface area (Å²) in [7, 11) is 0. The Balaban J connectivity index is 1.61. The first-order chi connectivity index (χ1) is 13.2. The topological polar surface area (TPSA) is 62.1 Å². The monoisotopic (exact) mass is 380 g/mol. The molecule has 27 heavy (non-hydrogen) atoms. The zero-order valence-corrected chi connectivity index (χ0v) is 15.7. The summed E-state index contributed by atoms with van der Waals surface area (Å²) in [6.45, 7) is 0.377. The highest BCUT2D eigenvalue weighted by atomic mass is 35.5. The van der Waals surface area contributed by atoms with E-state index >= 15 is 0 Å². The molecule has 0 saturated heterocycles. The number of halogens is 1. The van der Waals surface area contributed by atoms with Crippen molar-refractivity contribution in [3.05, 3.63) is 70.3 Å². The molecule has 0 unspecified atom stereocenters. The van der Waals surface area contributed by atoms with Crippen molar-refractivity contribution in [2.24, 2.45) is 0 Å². The Morgan fingerprint density at radius 2 is 1.89 bits per heavy atom. The van der Waals surface area contributed by atoms with E-state index in [0.29, 0.717) is 17.4 Å². The molecule has 1 aliphatic rings. The van der Waals surface area contributed by atoms with E-state index in [2.05, 4.69) is 5.32 Å². The van der Waals surface area contributed by atoms with E-state index in [1.54, 1.807) is 6.08 Å². The maximum absolute atomic E-state index is 12.3. The lowest BCUT2D eigenvalue weighted by Crippen LogP contribution is -2.33. The molecule has 0 bridgehead atoms. The van der Waals surface area contributed by atoms with Crippen LogP contribution in [0.4, 0.5) is 0 Å². The summed E-state index contributed by atoms with van der Waals surface area (Å²) in [6.07, 6.45) is 5.84. The predicted molar refractivity (Wildman–Crippen MR) is 106 cm³/mol. The van der Waals surface area contributed by atoms with E-state index in [1.807, 2.05) is 54.6 Å². The second-order valence-corrected chi connectivity index (χ2v) is 6.98. The van der Waals surface area contributed by atoms with Crippen LogP contribution in [0.5, 0.6) is 5.75 Å². The number of rotatable bonds is 6. The van der Waals surface area contributed by atoms with E-state index in [9.17, 15) is 10.1 Å². The number of hydrogen-bond donors (Lipinski definition) is 1. The predicted octanol–water partition coefficient (Wildman–Crippen LogP) is 4.88. The molecule has 0 radical (unpaired) electrons. The minimum Gasteiger partial charge on any atom is -0.489 e. The third-order valence-electron chi connectivity index (χ3n) is 4.60. The van der Waals surface area contributed by atoms with Gasteiger partial charge in [-0.25, -0.2) is 0 Å². The third kappa shape index (κ3) is 5.35. The van der Waals surface area contributed by atoms with E-state index in [-0.39, 0.29) is 17.5 Å². The van der Waals surface area contributed by atoms with Gasteiger partial charge in [-0.05, 0) is 42.7 Å². The molecule has 0 aliphatic heterocycles. The Bertz CT molecular complexity index is 863. The molecule has 2 aromatic carbocycles. The summed E-state index contributed by atoms with van der Waals surface area (Å²) in [5, 5.41) is 12.9. The molecule has 1 fully saturated rings. The molecule has 0 heterocycles. The molecule has 5 heteroatoms. The summed E-state index contributed by atoms with van der Waals surface area (Å²) in [6, 6.07) is 17.0. The van der Waals surface area contributed by atoms with Crippen LogP contribution in [0.2, 0.25) is 5.02 Å². The van der Waals surface area contributed by atoms with Crippen LogP contribution in [0.15, 0.2) is 54.1 Å². The first-order valence-corrected chi connectivity index (χ1v) is 9.42. The molecule has 1 N–H and O–H groups in total. The van der Waals surface area contributed by atoms with Gasteiger partial charge >= 0.3 is 0 Å². The zero-order valence-electron chi connectivity index (χ0n) is 15.0. The van der Waals surface area contributed by atoms with Crippen LogP contribution in [-0.2, 0) is 11.4 Å². The number of carbonyl (C=O) groups excluding carboxylic acids is 1. The average molecular weight is 381 g/mol. The van der Waals surface area contributed by atoms with Crippen molar-refractivity contribution in [2.75, 3.05) is 0 Å². The number of nitriles is 1. The van der Waals surface area contributed by atoms with E-state index in [1.165, 1.54) is 0 Å². The van der Waals surface area contributed by atoms with Crippen LogP contribution < -0.4 is 10.1 Å². The fraction of sp³-hybridized carbons (Fsp3) is 0.273. The van der Waals surface area contributed by atoms with Crippen LogP contribution in [0.25, 0.3) is 6.08 Å². The van der Waals surface area contributed by atoms with Gasteiger partial charge in [-0.1, -0.05) is 54.8 Å². The molecular formula is C22H21ClN2O2. The fourth-order valence-electron chi connectivity index (χ4n) is 3.09. The van der Waals surface area contributed by atoms with Crippen molar-refractivity contribution in [1.29, 1.82) is 5.26 Å². The number of ether oxygens (including phenoxy) is 1. The highest BCUT2D eigenvalue weighted by molar-refractivity contribution is 6.31. The highest BCUT2D eigenvalue weighted by Gasteiger charge is 2.19. The number of benzene rings is 2. The molecule has 138 valence electrons. The van der Waals surface area contributed by atoms with Gasteiger partial charge in [0.1, 0.15) is 24.0 Å². The largest absolute Gasteiger partial charge is 0.489 e. The number of hydrogen-bond acceptors (Lipinski definition) is 3. The molecule has 2 aromatic rings. The minimum atomic E-state index is -0.302. The van der Waals surface area contributed by atoms with Gasteiger partial charge in [-0.2, -0.15) is 5.26 Å². The Kier molecular flexibility index (Phi) is 6.51. The maximum atomic E-state index is 12.3. The first kappa shape index (κ1) is 19.0. The van der Waals surface area contributed by atoms with Gasteiger partial charge in [-0.3, -0.25) is 4.79 Å².